The smallest absolute Gasteiger partial charge is 0.104 e. The Labute approximate surface area is 105 Å². The maximum absolute atomic E-state index is 9.11. The predicted molar refractivity (Wildman–Crippen MR) is 68.8 cm³/mol. The van der Waals surface area contributed by atoms with Crippen molar-refractivity contribution in [2.45, 2.75) is 51.4 Å². The van der Waals surface area contributed by atoms with Gasteiger partial charge in [0.2, 0.25) is 0 Å². The Balaban J connectivity index is 2.50. The second-order valence-corrected chi connectivity index (χ2v) is 5.87. The molecule has 17 heavy (non-hydrogen) atoms. The van der Waals surface area contributed by atoms with Crippen LogP contribution in [0.3, 0.4) is 0 Å². The fourth-order valence-corrected chi connectivity index (χ4v) is 2.37. The molecule has 1 N–H and O–H groups in total. The summed E-state index contributed by atoms with van der Waals surface area (Å²) in [6, 6.07) is 2.33. The highest BCUT2D eigenvalue weighted by molar-refractivity contribution is 5.03. The summed E-state index contributed by atoms with van der Waals surface area (Å²) in [5.41, 5.74) is -0.508. The van der Waals surface area contributed by atoms with Crippen LogP contribution < -0.4 is 5.32 Å². The van der Waals surface area contributed by atoms with Crippen LogP contribution in [0.1, 0.15) is 34.1 Å². The van der Waals surface area contributed by atoms with Gasteiger partial charge in [-0.05, 0) is 41.2 Å². The van der Waals surface area contributed by atoms with Crippen molar-refractivity contribution in [1.82, 2.24) is 10.2 Å². The molecule has 1 aliphatic heterocycles. The van der Waals surface area contributed by atoms with Crippen molar-refractivity contribution >= 4 is 0 Å². The number of rotatable bonds is 4. The lowest BCUT2D eigenvalue weighted by Crippen LogP contribution is -2.53. The standard InChI is InChI=1S/C13H25N3O/c1-11-8-16(10-12(2,3)17-11)7-6-13(4,9-14)15-5/h11,15H,6-8,10H2,1-5H3. The molecule has 1 aliphatic rings. The topological polar surface area (TPSA) is 48.3 Å². The van der Waals surface area contributed by atoms with Gasteiger partial charge >= 0.3 is 0 Å². The average molecular weight is 239 g/mol. The molecule has 0 radical (unpaired) electrons. The number of hydrogen-bond acceptors (Lipinski definition) is 4. The highest BCUT2D eigenvalue weighted by Gasteiger charge is 2.32. The van der Waals surface area contributed by atoms with Crippen molar-refractivity contribution < 1.29 is 4.74 Å². The summed E-state index contributed by atoms with van der Waals surface area (Å²) in [5, 5.41) is 12.2. The Morgan fingerprint density at radius 1 is 1.59 bits per heavy atom. The predicted octanol–water partition coefficient (Wildman–Crippen LogP) is 1.38. The number of morpholine rings is 1. The van der Waals surface area contributed by atoms with E-state index in [4.69, 9.17) is 10.00 Å². The first-order valence-electron chi connectivity index (χ1n) is 6.30. The van der Waals surface area contributed by atoms with E-state index >= 15 is 0 Å². The van der Waals surface area contributed by atoms with Gasteiger partial charge in [-0.3, -0.25) is 4.90 Å². The van der Waals surface area contributed by atoms with Crippen LogP contribution in [0, 0.1) is 11.3 Å². The molecule has 1 fully saturated rings. The van der Waals surface area contributed by atoms with E-state index in [0.29, 0.717) is 0 Å². The lowest BCUT2D eigenvalue weighted by Gasteiger charge is -2.42. The number of nitriles is 1. The quantitative estimate of drug-likeness (QED) is 0.805. The van der Waals surface area contributed by atoms with Gasteiger partial charge in [0.05, 0.1) is 17.8 Å². The van der Waals surface area contributed by atoms with Crippen LogP contribution in [0.2, 0.25) is 0 Å². The second kappa shape index (κ2) is 5.34. The summed E-state index contributed by atoms with van der Waals surface area (Å²) in [6.45, 7) is 11.1. The van der Waals surface area contributed by atoms with E-state index in [-0.39, 0.29) is 11.7 Å². The fraction of sp³-hybridized carbons (Fsp3) is 0.923. The van der Waals surface area contributed by atoms with Crippen molar-refractivity contribution in [2.75, 3.05) is 26.7 Å². The molecule has 1 rings (SSSR count). The number of ether oxygens (including phenoxy) is 1. The van der Waals surface area contributed by atoms with E-state index in [0.717, 1.165) is 26.1 Å². The van der Waals surface area contributed by atoms with Crippen molar-refractivity contribution in [1.29, 1.82) is 5.26 Å². The summed E-state index contributed by atoms with van der Waals surface area (Å²) in [5.74, 6) is 0. The summed E-state index contributed by atoms with van der Waals surface area (Å²) in [6.07, 6.45) is 1.10. The summed E-state index contributed by atoms with van der Waals surface area (Å²) >= 11 is 0. The van der Waals surface area contributed by atoms with Gasteiger partial charge in [0.15, 0.2) is 0 Å². The zero-order chi connectivity index (χ0) is 13.1. The van der Waals surface area contributed by atoms with Crippen LogP contribution >= 0.6 is 0 Å². The zero-order valence-electron chi connectivity index (χ0n) is 11.7. The molecule has 0 aliphatic carbocycles. The number of nitrogens with one attached hydrogen (secondary N) is 1. The van der Waals surface area contributed by atoms with Crippen LogP contribution in [0.4, 0.5) is 0 Å². The van der Waals surface area contributed by atoms with Crippen molar-refractivity contribution in [3.63, 3.8) is 0 Å². The maximum atomic E-state index is 9.11. The van der Waals surface area contributed by atoms with Crippen LogP contribution in [0.15, 0.2) is 0 Å². The molecule has 2 atom stereocenters. The van der Waals surface area contributed by atoms with E-state index in [2.05, 4.69) is 37.1 Å². The first-order valence-corrected chi connectivity index (χ1v) is 6.30. The van der Waals surface area contributed by atoms with E-state index in [1.807, 2.05) is 14.0 Å². The maximum Gasteiger partial charge on any atom is 0.104 e. The molecule has 0 aromatic heterocycles. The Hall–Kier alpha value is -0.630. The Morgan fingerprint density at radius 2 is 2.24 bits per heavy atom. The lowest BCUT2D eigenvalue weighted by molar-refractivity contribution is -0.129. The zero-order valence-corrected chi connectivity index (χ0v) is 11.7. The van der Waals surface area contributed by atoms with Gasteiger partial charge in [-0.15, -0.1) is 0 Å². The minimum atomic E-state index is -0.425. The highest BCUT2D eigenvalue weighted by Crippen LogP contribution is 2.21. The van der Waals surface area contributed by atoms with Crippen molar-refractivity contribution in [3.05, 3.63) is 0 Å². The van der Waals surface area contributed by atoms with E-state index < -0.39 is 5.54 Å². The van der Waals surface area contributed by atoms with Crippen molar-refractivity contribution in [2.24, 2.45) is 0 Å². The molecular formula is C13H25N3O. The molecular weight excluding hydrogens is 214 g/mol. The molecule has 2 unspecified atom stereocenters. The number of nitrogens with zero attached hydrogens (tertiary/aromatic N) is 2. The molecule has 1 heterocycles. The third kappa shape index (κ3) is 4.27. The Kier molecular flexibility index (Phi) is 4.54. The highest BCUT2D eigenvalue weighted by atomic mass is 16.5. The monoisotopic (exact) mass is 239 g/mol. The van der Waals surface area contributed by atoms with Crippen LogP contribution in [-0.2, 0) is 4.74 Å². The summed E-state index contributed by atoms with van der Waals surface area (Å²) < 4.78 is 5.87. The fourth-order valence-electron chi connectivity index (χ4n) is 2.37. The van der Waals surface area contributed by atoms with Gasteiger partial charge in [0.25, 0.3) is 0 Å². The molecule has 98 valence electrons. The minimum absolute atomic E-state index is 0.0830. The Bertz CT molecular complexity index is 298. The van der Waals surface area contributed by atoms with E-state index in [1.54, 1.807) is 0 Å². The van der Waals surface area contributed by atoms with Gasteiger partial charge in [0, 0.05) is 19.6 Å². The van der Waals surface area contributed by atoms with E-state index in [1.165, 1.54) is 0 Å². The van der Waals surface area contributed by atoms with Gasteiger partial charge in [-0.25, -0.2) is 0 Å². The van der Waals surface area contributed by atoms with Gasteiger partial charge in [-0.2, -0.15) is 5.26 Å². The molecule has 4 nitrogen and oxygen atoms in total. The SMILES string of the molecule is CNC(C)(C#N)CCN1CC(C)OC(C)(C)C1. The molecule has 4 heteroatoms. The van der Waals surface area contributed by atoms with Crippen molar-refractivity contribution in [3.8, 4) is 6.07 Å². The normalized spacial score (nSPS) is 28.4. The van der Waals surface area contributed by atoms with E-state index in [9.17, 15) is 0 Å². The first-order chi connectivity index (χ1) is 7.80. The Morgan fingerprint density at radius 3 is 2.71 bits per heavy atom. The van der Waals surface area contributed by atoms with Crippen LogP contribution in [-0.4, -0.2) is 48.8 Å². The molecule has 1 saturated heterocycles. The second-order valence-electron chi connectivity index (χ2n) is 5.87. The van der Waals surface area contributed by atoms with Gasteiger partial charge < -0.3 is 10.1 Å². The number of hydrogen-bond donors (Lipinski definition) is 1. The third-order valence-corrected chi connectivity index (χ3v) is 3.37. The molecule has 0 amide bonds. The molecule has 0 aromatic carbocycles. The average Bonchev–Trinajstić information content (AvgIpc) is 2.23. The minimum Gasteiger partial charge on any atom is -0.370 e. The van der Waals surface area contributed by atoms with Crippen LogP contribution in [0.25, 0.3) is 0 Å². The molecule has 0 spiro atoms. The van der Waals surface area contributed by atoms with Gasteiger partial charge in [0.1, 0.15) is 5.54 Å². The molecule has 0 aromatic rings. The largest absolute Gasteiger partial charge is 0.370 e. The summed E-state index contributed by atoms with van der Waals surface area (Å²) in [7, 11) is 1.84. The lowest BCUT2D eigenvalue weighted by atomic mass is 9.98. The third-order valence-electron chi connectivity index (χ3n) is 3.37. The molecule has 0 bridgehead atoms. The van der Waals surface area contributed by atoms with Crippen LogP contribution in [0.5, 0.6) is 0 Å². The molecule has 0 saturated carbocycles. The van der Waals surface area contributed by atoms with Gasteiger partial charge in [-0.1, -0.05) is 0 Å². The summed E-state index contributed by atoms with van der Waals surface area (Å²) in [4.78, 5) is 2.39. The first kappa shape index (κ1) is 14.4.